The van der Waals surface area contributed by atoms with Gasteiger partial charge in [0.05, 0.1) is 22.9 Å². The summed E-state index contributed by atoms with van der Waals surface area (Å²) in [7, 11) is -3.98. The van der Waals surface area contributed by atoms with Crippen molar-refractivity contribution in [1.82, 2.24) is 0 Å². The molecule has 1 N–H and O–H groups in total. The number of halogens is 2. The number of aryl methyl sites for hydroxylation is 1. The van der Waals surface area contributed by atoms with Crippen LogP contribution in [0.1, 0.15) is 12.5 Å². The molecule has 9 heteroatoms. The van der Waals surface area contributed by atoms with Crippen molar-refractivity contribution in [3.05, 3.63) is 45.9 Å². The zero-order chi connectivity index (χ0) is 19.1. The minimum atomic E-state index is -3.98. The summed E-state index contributed by atoms with van der Waals surface area (Å²) in [6, 6.07) is 7.66. The van der Waals surface area contributed by atoms with Crippen molar-refractivity contribution in [2.75, 3.05) is 22.8 Å². The number of fused-ring (bicyclic) bond motifs is 1. The Morgan fingerprint density at radius 3 is 2.65 bits per heavy atom. The van der Waals surface area contributed by atoms with E-state index >= 15 is 0 Å². The summed E-state index contributed by atoms with van der Waals surface area (Å²) in [5.74, 6) is 0.118. The van der Waals surface area contributed by atoms with E-state index in [9.17, 15) is 13.2 Å². The van der Waals surface area contributed by atoms with Gasteiger partial charge in [-0.25, -0.2) is 8.42 Å². The molecule has 0 unspecified atom stereocenters. The summed E-state index contributed by atoms with van der Waals surface area (Å²) in [5.41, 5.74) is 1.52. The highest BCUT2D eigenvalue weighted by Gasteiger charge is 2.27. The molecule has 0 aromatic heterocycles. The van der Waals surface area contributed by atoms with Crippen LogP contribution in [0.3, 0.4) is 0 Å². The first-order chi connectivity index (χ1) is 12.2. The summed E-state index contributed by atoms with van der Waals surface area (Å²) in [4.78, 5) is 13.1. The van der Waals surface area contributed by atoms with Gasteiger partial charge in [0.25, 0.3) is 10.0 Å². The van der Waals surface area contributed by atoms with Gasteiger partial charge in [-0.2, -0.15) is 0 Å². The summed E-state index contributed by atoms with van der Waals surface area (Å²) in [6.07, 6.45) is 0. The molecule has 1 aliphatic rings. The Kier molecular flexibility index (Phi) is 5.05. The van der Waals surface area contributed by atoms with Crippen molar-refractivity contribution in [1.29, 1.82) is 0 Å². The number of carbonyl (C=O) groups is 1. The van der Waals surface area contributed by atoms with E-state index in [0.717, 1.165) is 0 Å². The zero-order valence-corrected chi connectivity index (χ0v) is 16.4. The van der Waals surface area contributed by atoms with Crippen LogP contribution < -0.4 is 14.4 Å². The number of rotatable bonds is 3. The van der Waals surface area contributed by atoms with E-state index in [1.165, 1.54) is 30.0 Å². The molecule has 1 heterocycles. The van der Waals surface area contributed by atoms with Gasteiger partial charge in [-0.05, 0) is 30.7 Å². The molecule has 0 aliphatic carbocycles. The first-order valence-electron chi connectivity index (χ1n) is 7.72. The highest BCUT2D eigenvalue weighted by molar-refractivity contribution is 7.92. The van der Waals surface area contributed by atoms with Crippen LogP contribution in [0.25, 0.3) is 0 Å². The van der Waals surface area contributed by atoms with E-state index in [1.54, 1.807) is 19.1 Å². The number of amides is 1. The molecule has 1 aliphatic heterocycles. The average Bonchev–Trinajstić information content (AvgIpc) is 2.56. The van der Waals surface area contributed by atoms with E-state index in [2.05, 4.69) is 4.72 Å². The van der Waals surface area contributed by atoms with Gasteiger partial charge in [0.2, 0.25) is 5.91 Å². The summed E-state index contributed by atoms with van der Waals surface area (Å²) >= 11 is 12.2. The fourth-order valence-corrected chi connectivity index (χ4v) is 4.49. The van der Waals surface area contributed by atoms with Gasteiger partial charge in [0.15, 0.2) is 0 Å². The monoisotopic (exact) mass is 414 g/mol. The molecule has 138 valence electrons. The van der Waals surface area contributed by atoms with Crippen molar-refractivity contribution in [3.8, 4) is 5.75 Å². The Balaban J connectivity index is 2.03. The van der Waals surface area contributed by atoms with Crippen LogP contribution in [-0.4, -0.2) is 27.5 Å². The van der Waals surface area contributed by atoms with E-state index in [-0.39, 0.29) is 22.4 Å². The molecule has 26 heavy (non-hydrogen) atoms. The highest BCUT2D eigenvalue weighted by atomic mass is 35.5. The van der Waals surface area contributed by atoms with Crippen molar-refractivity contribution >= 4 is 50.5 Å². The predicted octanol–water partition coefficient (Wildman–Crippen LogP) is 3.85. The van der Waals surface area contributed by atoms with Crippen LogP contribution in [0.5, 0.6) is 5.75 Å². The number of anilines is 2. The molecular weight excluding hydrogens is 399 g/mol. The first-order valence-corrected chi connectivity index (χ1v) is 9.96. The fraction of sp³-hybridized carbons (Fsp3) is 0.235. The third kappa shape index (κ3) is 3.60. The quantitative estimate of drug-likeness (QED) is 0.827. The lowest BCUT2D eigenvalue weighted by atomic mass is 10.2. The lowest BCUT2D eigenvalue weighted by Gasteiger charge is -2.29. The molecule has 3 rings (SSSR count). The number of nitrogens with zero attached hydrogens (tertiary/aromatic N) is 1. The highest BCUT2D eigenvalue weighted by Crippen LogP contribution is 2.39. The number of ether oxygens (including phenoxy) is 1. The molecule has 0 radical (unpaired) electrons. The van der Waals surface area contributed by atoms with Crippen LogP contribution in [-0.2, 0) is 14.8 Å². The second kappa shape index (κ2) is 6.98. The summed E-state index contributed by atoms with van der Waals surface area (Å²) in [6.45, 7) is 3.84. The molecule has 0 atom stereocenters. The SMILES string of the molecule is CC(=O)N1CCOc2cc(S(=O)(=O)Nc3cc(Cl)ccc3C)c(Cl)cc21. The minimum Gasteiger partial charge on any atom is -0.489 e. The van der Waals surface area contributed by atoms with Gasteiger partial charge < -0.3 is 9.64 Å². The standard InChI is InChI=1S/C17H16Cl2N2O4S/c1-10-3-4-12(18)7-14(10)20-26(23,24)17-9-16-15(8-13(17)19)21(11(2)22)5-6-25-16/h3-4,7-9,20H,5-6H2,1-2H3. The normalized spacial score (nSPS) is 13.8. The van der Waals surface area contributed by atoms with E-state index in [4.69, 9.17) is 27.9 Å². The number of hydrogen-bond donors (Lipinski definition) is 1. The smallest absolute Gasteiger partial charge is 0.263 e. The molecule has 0 saturated heterocycles. The van der Waals surface area contributed by atoms with Crippen LogP contribution in [0.15, 0.2) is 35.2 Å². The number of hydrogen-bond acceptors (Lipinski definition) is 4. The second-order valence-electron chi connectivity index (χ2n) is 5.83. The first kappa shape index (κ1) is 18.8. The Morgan fingerprint density at radius 1 is 1.23 bits per heavy atom. The maximum absolute atomic E-state index is 12.8. The summed E-state index contributed by atoms with van der Waals surface area (Å²) in [5, 5.41) is 0.401. The maximum Gasteiger partial charge on any atom is 0.263 e. The molecule has 6 nitrogen and oxygen atoms in total. The lowest BCUT2D eigenvalue weighted by Crippen LogP contribution is -2.36. The van der Waals surface area contributed by atoms with Crippen molar-refractivity contribution in [3.63, 3.8) is 0 Å². The molecule has 0 bridgehead atoms. The Hall–Kier alpha value is -1.96. The Labute approximate surface area is 161 Å². The van der Waals surface area contributed by atoms with Gasteiger partial charge >= 0.3 is 0 Å². The van der Waals surface area contributed by atoms with Gasteiger partial charge in [-0.15, -0.1) is 0 Å². The van der Waals surface area contributed by atoms with Gasteiger partial charge in [0, 0.05) is 18.0 Å². The fourth-order valence-electron chi connectivity index (χ4n) is 2.66. The van der Waals surface area contributed by atoms with Crippen LogP contribution in [0.2, 0.25) is 10.0 Å². The molecule has 0 saturated carbocycles. The number of carbonyl (C=O) groups excluding carboxylic acids is 1. The number of sulfonamides is 1. The largest absolute Gasteiger partial charge is 0.489 e. The molecule has 1 amide bonds. The maximum atomic E-state index is 12.8. The molecule has 0 fully saturated rings. The topological polar surface area (TPSA) is 75.7 Å². The third-order valence-electron chi connectivity index (χ3n) is 3.99. The van der Waals surface area contributed by atoms with Gasteiger partial charge in [-0.1, -0.05) is 29.3 Å². The average molecular weight is 415 g/mol. The lowest BCUT2D eigenvalue weighted by molar-refractivity contribution is -0.116. The van der Waals surface area contributed by atoms with Crippen molar-refractivity contribution in [2.24, 2.45) is 0 Å². The molecule has 2 aromatic rings. The predicted molar refractivity (Wildman–Crippen MR) is 102 cm³/mol. The van der Waals surface area contributed by atoms with E-state index < -0.39 is 10.0 Å². The molecular formula is C17H16Cl2N2O4S. The zero-order valence-electron chi connectivity index (χ0n) is 14.0. The minimum absolute atomic E-state index is 0.00678. The van der Waals surface area contributed by atoms with Crippen LogP contribution >= 0.6 is 23.2 Å². The van der Waals surface area contributed by atoms with Crippen molar-refractivity contribution in [2.45, 2.75) is 18.7 Å². The van der Waals surface area contributed by atoms with Crippen LogP contribution in [0.4, 0.5) is 11.4 Å². The van der Waals surface area contributed by atoms with E-state index in [1.807, 2.05) is 0 Å². The Morgan fingerprint density at radius 2 is 1.96 bits per heavy atom. The molecule has 2 aromatic carbocycles. The second-order valence-corrected chi connectivity index (χ2v) is 8.33. The van der Waals surface area contributed by atoms with Gasteiger partial charge in [-0.3, -0.25) is 9.52 Å². The van der Waals surface area contributed by atoms with Gasteiger partial charge in [0.1, 0.15) is 17.3 Å². The number of nitrogens with one attached hydrogen (secondary N) is 1. The number of benzene rings is 2. The van der Waals surface area contributed by atoms with E-state index in [0.29, 0.717) is 34.3 Å². The third-order valence-corrected chi connectivity index (χ3v) is 6.06. The van der Waals surface area contributed by atoms with Crippen LogP contribution in [0, 0.1) is 6.92 Å². The Bertz CT molecular complexity index is 992. The summed E-state index contributed by atoms with van der Waals surface area (Å²) < 4.78 is 33.6. The van der Waals surface area contributed by atoms with Crippen molar-refractivity contribution < 1.29 is 17.9 Å². The molecule has 0 spiro atoms.